The van der Waals surface area contributed by atoms with Crippen LogP contribution in [0.2, 0.25) is 0 Å². The molecule has 0 aromatic heterocycles. The average Bonchev–Trinajstić information content (AvgIpc) is 3.01. The molecule has 4 nitrogen and oxygen atoms in total. The first kappa shape index (κ1) is 12.5. The van der Waals surface area contributed by atoms with Crippen molar-refractivity contribution < 1.29 is 8.42 Å². The summed E-state index contributed by atoms with van der Waals surface area (Å²) in [5.74, 6) is 0. The lowest BCUT2D eigenvalue weighted by Gasteiger charge is -2.06. The van der Waals surface area contributed by atoms with Crippen molar-refractivity contribution in [2.24, 2.45) is 5.73 Å². The summed E-state index contributed by atoms with van der Waals surface area (Å²) in [4.78, 5) is 0.688. The molecule has 0 saturated heterocycles. The van der Waals surface area contributed by atoms with Crippen molar-refractivity contribution in [2.75, 3.05) is 0 Å². The molecule has 0 heterocycles. The summed E-state index contributed by atoms with van der Waals surface area (Å²) in [6, 6.07) is 6.76. The highest BCUT2D eigenvalue weighted by molar-refractivity contribution is 7.89. The van der Waals surface area contributed by atoms with Crippen LogP contribution in [-0.2, 0) is 16.4 Å². The molecule has 0 radical (unpaired) electrons. The topological polar surface area (TPSA) is 72.2 Å². The van der Waals surface area contributed by atoms with Crippen LogP contribution in [0.25, 0.3) is 0 Å². The van der Waals surface area contributed by atoms with Gasteiger partial charge in [-0.25, -0.2) is 13.1 Å². The largest absolute Gasteiger partial charge is 0.393 e. The van der Waals surface area contributed by atoms with Crippen molar-refractivity contribution in [3.05, 3.63) is 29.8 Å². The second-order valence-electron chi connectivity index (χ2n) is 4.18. The number of thiocarbonyl (C=S) groups is 1. The first-order valence-electron chi connectivity index (χ1n) is 5.37. The molecule has 1 fully saturated rings. The number of nitrogens with one attached hydrogen (secondary N) is 1. The average molecular weight is 270 g/mol. The zero-order chi connectivity index (χ0) is 12.5. The van der Waals surface area contributed by atoms with Crippen LogP contribution in [-0.4, -0.2) is 19.4 Å². The van der Waals surface area contributed by atoms with Gasteiger partial charge in [0.25, 0.3) is 0 Å². The van der Waals surface area contributed by atoms with Crippen molar-refractivity contribution in [2.45, 2.75) is 30.2 Å². The molecule has 1 aliphatic rings. The van der Waals surface area contributed by atoms with Crippen LogP contribution in [0.5, 0.6) is 0 Å². The third-order valence-corrected chi connectivity index (χ3v) is 4.19. The molecule has 92 valence electrons. The lowest BCUT2D eigenvalue weighted by atomic mass is 10.1. The van der Waals surface area contributed by atoms with Crippen molar-refractivity contribution in [1.29, 1.82) is 0 Å². The molecule has 0 bridgehead atoms. The molecule has 3 N–H and O–H groups in total. The Morgan fingerprint density at radius 2 is 1.94 bits per heavy atom. The number of hydrogen-bond acceptors (Lipinski definition) is 3. The van der Waals surface area contributed by atoms with E-state index in [2.05, 4.69) is 4.72 Å². The third-order valence-electron chi connectivity index (χ3n) is 2.51. The summed E-state index contributed by atoms with van der Waals surface area (Å²) in [7, 11) is -3.36. The van der Waals surface area contributed by atoms with Gasteiger partial charge in [0.1, 0.15) is 0 Å². The van der Waals surface area contributed by atoms with Crippen molar-refractivity contribution in [3.63, 3.8) is 0 Å². The maximum absolute atomic E-state index is 11.9. The zero-order valence-electron chi connectivity index (χ0n) is 9.22. The highest BCUT2D eigenvalue weighted by Gasteiger charge is 2.27. The minimum atomic E-state index is -3.36. The maximum atomic E-state index is 11.9. The number of nitrogens with two attached hydrogens (primary N) is 1. The van der Waals surface area contributed by atoms with E-state index in [1.54, 1.807) is 24.3 Å². The van der Waals surface area contributed by atoms with Gasteiger partial charge < -0.3 is 5.73 Å². The van der Waals surface area contributed by atoms with Crippen molar-refractivity contribution in [1.82, 2.24) is 4.72 Å². The second kappa shape index (κ2) is 4.72. The number of rotatable bonds is 5. The van der Waals surface area contributed by atoms with E-state index in [1.165, 1.54) is 0 Å². The second-order valence-corrected chi connectivity index (χ2v) is 6.42. The standard InChI is InChI=1S/C11H14N2O2S2/c12-11(16)7-8-1-5-10(6-2-8)17(14,15)13-9-3-4-9/h1-2,5-6,9,13H,3-4,7H2,(H2,12,16). The van der Waals surface area contributed by atoms with E-state index in [-0.39, 0.29) is 10.9 Å². The Hall–Kier alpha value is -0.980. The highest BCUT2D eigenvalue weighted by atomic mass is 32.2. The molecule has 1 aromatic rings. The maximum Gasteiger partial charge on any atom is 0.240 e. The third kappa shape index (κ3) is 3.49. The molecule has 1 saturated carbocycles. The van der Waals surface area contributed by atoms with E-state index >= 15 is 0 Å². The summed E-state index contributed by atoms with van der Waals surface area (Å²) >= 11 is 4.80. The zero-order valence-corrected chi connectivity index (χ0v) is 10.9. The molecular weight excluding hydrogens is 256 g/mol. The Balaban J connectivity index is 2.13. The minimum Gasteiger partial charge on any atom is -0.393 e. The number of sulfonamides is 1. The first-order valence-corrected chi connectivity index (χ1v) is 7.26. The van der Waals surface area contributed by atoms with E-state index in [4.69, 9.17) is 18.0 Å². The van der Waals surface area contributed by atoms with Crippen LogP contribution in [0.3, 0.4) is 0 Å². The molecule has 1 aromatic carbocycles. The monoisotopic (exact) mass is 270 g/mol. The molecular formula is C11H14N2O2S2. The lowest BCUT2D eigenvalue weighted by molar-refractivity contribution is 0.581. The van der Waals surface area contributed by atoms with Crippen LogP contribution in [0.15, 0.2) is 29.2 Å². The van der Waals surface area contributed by atoms with E-state index < -0.39 is 10.0 Å². The van der Waals surface area contributed by atoms with Gasteiger partial charge in [-0.15, -0.1) is 0 Å². The lowest BCUT2D eigenvalue weighted by Crippen LogP contribution is -2.25. The van der Waals surface area contributed by atoms with Crippen LogP contribution in [0.4, 0.5) is 0 Å². The van der Waals surface area contributed by atoms with Crippen LogP contribution in [0, 0.1) is 0 Å². The van der Waals surface area contributed by atoms with Crippen LogP contribution >= 0.6 is 12.2 Å². The Bertz CT molecular complexity index is 519. The smallest absolute Gasteiger partial charge is 0.240 e. The first-order chi connectivity index (χ1) is 7.97. The fourth-order valence-electron chi connectivity index (χ4n) is 1.48. The molecule has 6 heteroatoms. The van der Waals surface area contributed by atoms with Gasteiger partial charge in [0.2, 0.25) is 10.0 Å². The van der Waals surface area contributed by atoms with Gasteiger partial charge >= 0.3 is 0 Å². The predicted molar refractivity (Wildman–Crippen MR) is 70.3 cm³/mol. The molecule has 0 aliphatic heterocycles. The van der Waals surface area contributed by atoms with Crippen LogP contribution < -0.4 is 10.5 Å². The fraction of sp³-hybridized carbons (Fsp3) is 0.364. The molecule has 0 spiro atoms. The fourth-order valence-corrected chi connectivity index (χ4v) is 2.95. The molecule has 2 rings (SSSR count). The summed E-state index contributed by atoms with van der Waals surface area (Å²) in [6.07, 6.45) is 2.35. The molecule has 0 atom stereocenters. The van der Waals surface area contributed by atoms with E-state index in [1.807, 2.05) is 0 Å². The minimum absolute atomic E-state index is 0.122. The SMILES string of the molecule is NC(=S)Cc1ccc(S(=O)(=O)NC2CC2)cc1. The quantitative estimate of drug-likeness (QED) is 0.782. The van der Waals surface area contributed by atoms with Gasteiger partial charge in [-0.2, -0.15) is 0 Å². The Morgan fingerprint density at radius 3 is 2.41 bits per heavy atom. The Labute approximate surface area is 106 Å². The van der Waals surface area contributed by atoms with Gasteiger partial charge in [0.15, 0.2) is 0 Å². The van der Waals surface area contributed by atoms with Crippen LogP contribution in [0.1, 0.15) is 18.4 Å². The number of benzene rings is 1. The van der Waals surface area contributed by atoms with Gasteiger partial charge in [-0.3, -0.25) is 0 Å². The highest BCUT2D eigenvalue weighted by Crippen LogP contribution is 2.22. The van der Waals surface area contributed by atoms with Gasteiger partial charge in [-0.1, -0.05) is 24.4 Å². The molecule has 1 aliphatic carbocycles. The predicted octanol–water partition coefficient (Wildman–Crippen LogP) is 0.956. The van der Waals surface area contributed by atoms with Gasteiger partial charge in [-0.05, 0) is 30.5 Å². The van der Waals surface area contributed by atoms with E-state index in [0.29, 0.717) is 11.4 Å². The van der Waals surface area contributed by atoms with E-state index in [0.717, 1.165) is 18.4 Å². The normalized spacial score (nSPS) is 15.8. The van der Waals surface area contributed by atoms with Crippen molar-refractivity contribution >= 4 is 27.2 Å². The Morgan fingerprint density at radius 1 is 1.35 bits per heavy atom. The molecule has 0 amide bonds. The summed E-state index contributed by atoms with van der Waals surface area (Å²) in [6.45, 7) is 0. The van der Waals surface area contributed by atoms with E-state index in [9.17, 15) is 8.42 Å². The molecule has 17 heavy (non-hydrogen) atoms. The van der Waals surface area contributed by atoms with Gasteiger partial charge in [0, 0.05) is 12.5 Å². The summed E-state index contributed by atoms with van der Waals surface area (Å²) in [5, 5.41) is 0. The van der Waals surface area contributed by atoms with Gasteiger partial charge in [0.05, 0.1) is 9.88 Å². The van der Waals surface area contributed by atoms with Crippen molar-refractivity contribution in [3.8, 4) is 0 Å². The summed E-state index contributed by atoms with van der Waals surface area (Å²) < 4.78 is 26.3. The molecule has 0 unspecified atom stereocenters. The summed E-state index contributed by atoms with van der Waals surface area (Å²) in [5.41, 5.74) is 6.34. The number of hydrogen-bond donors (Lipinski definition) is 2. The Kier molecular flexibility index (Phi) is 3.46.